The first-order valence-electron chi connectivity index (χ1n) is 11.8. The first-order chi connectivity index (χ1) is 17.3. The highest BCUT2D eigenvalue weighted by Crippen LogP contribution is 2.41. The molecule has 2 N–H and O–H groups in total. The van der Waals surface area contributed by atoms with E-state index in [-0.39, 0.29) is 17.9 Å². The van der Waals surface area contributed by atoms with Gasteiger partial charge < -0.3 is 10.4 Å². The third kappa shape index (κ3) is 4.02. The van der Waals surface area contributed by atoms with Crippen LogP contribution in [0.1, 0.15) is 42.3 Å². The number of aromatic nitrogens is 4. The van der Waals surface area contributed by atoms with Crippen LogP contribution in [-0.2, 0) is 0 Å². The van der Waals surface area contributed by atoms with Gasteiger partial charge in [-0.2, -0.15) is 13.2 Å². The van der Waals surface area contributed by atoms with Crippen molar-refractivity contribution in [2.45, 2.75) is 43.4 Å². The quantitative estimate of drug-likeness (QED) is 0.413. The smallest absolute Gasteiger partial charge is 0.413 e. The molecule has 0 spiro atoms. The third-order valence-electron chi connectivity index (χ3n) is 6.97. The van der Waals surface area contributed by atoms with Crippen LogP contribution in [0.5, 0.6) is 0 Å². The molecule has 4 aromatic rings. The Hall–Kier alpha value is -3.73. The van der Waals surface area contributed by atoms with Crippen LogP contribution in [0.3, 0.4) is 0 Å². The number of alkyl halides is 3. The first-order valence-corrected chi connectivity index (χ1v) is 11.8. The van der Waals surface area contributed by atoms with E-state index in [0.717, 1.165) is 23.7 Å². The zero-order chi connectivity index (χ0) is 25.0. The molecular weight excluding hydrogens is 473 g/mol. The molecule has 6 rings (SSSR count). The first kappa shape index (κ1) is 22.7. The van der Waals surface area contributed by atoms with E-state index in [1.54, 1.807) is 6.07 Å². The largest absolute Gasteiger partial charge is 0.465 e. The highest BCUT2D eigenvalue weighted by Gasteiger charge is 2.49. The number of carbonyl (C=O) groups is 1. The molecule has 2 atom stereocenters. The van der Waals surface area contributed by atoms with E-state index in [9.17, 15) is 23.1 Å². The predicted octanol–water partition coefficient (Wildman–Crippen LogP) is 4.77. The summed E-state index contributed by atoms with van der Waals surface area (Å²) in [6.07, 6.45) is -2.53. The molecule has 1 amide bonds. The fourth-order valence-electron chi connectivity index (χ4n) is 5.03. The number of benzene rings is 1. The molecule has 0 radical (unpaired) electrons. The lowest BCUT2D eigenvalue weighted by molar-refractivity contribution is -0.185. The summed E-state index contributed by atoms with van der Waals surface area (Å²) in [6.45, 7) is 0.632. The van der Waals surface area contributed by atoms with E-state index < -0.39 is 24.4 Å². The average molecular weight is 496 g/mol. The van der Waals surface area contributed by atoms with E-state index in [0.29, 0.717) is 35.1 Å². The van der Waals surface area contributed by atoms with Gasteiger partial charge in [0.25, 0.3) is 0 Å². The lowest BCUT2D eigenvalue weighted by Gasteiger charge is -2.35. The number of nitrogens with one attached hydrogen (secondary N) is 1. The Kier molecular flexibility index (Phi) is 5.32. The van der Waals surface area contributed by atoms with Gasteiger partial charge in [0.1, 0.15) is 5.69 Å². The number of hydrogen-bond donors (Lipinski definition) is 2. The summed E-state index contributed by atoms with van der Waals surface area (Å²) >= 11 is 0. The summed E-state index contributed by atoms with van der Waals surface area (Å²) in [5.74, 6) is 0.846. The van der Waals surface area contributed by atoms with Crippen LogP contribution in [-0.4, -0.2) is 61.0 Å². The molecule has 2 fully saturated rings. The molecule has 1 aliphatic carbocycles. The topological polar surface area (TPSA) is 95.7 Å². The van der Waals surface area contributed by atoms with Crippen molar-refractivity contribution in [3.05, 3.63) is 59.8 Å². The van der Waals surface area contributed by atoms with Gasteiger partial charge in [0, 0.05) is 29.7 Å². The van der Waals surface area contributed by atoms with Gasteiger partial charge in [-0.1, -0.05) is 24.3 Å². The molecule has 36 heavy (non-hydrogen) atoms. The van der Waals surface area contributed by atoms with Gasteiger partial charge >= 0.3 is 12.3 Å². The van der Waals surface area contributed by atoms with Crippen molar-refractivity contribution in [2.75, 3.05) is 13.1 Å². The third-order valence-corrected chi connectivity index (χ3v) is 6.97. The summed E-state index contributed by atoms with van der Waals surface area (Å²) in [4.78, 5) is 17.3. The fraction of sp³-hybridized carbons (Fsp3) is 0.360. The molecule has 8 nitrogen and oxygen atoms in total. The molecule has 1 saturated heterocycles. The van der Waals surface area contributed by atoms with Gasteiger partial charge in [0.15, 0.2) is 17.5 Å². The number of nitrogens with zero attached hydrogens (tertiary/aromatic N) is 5. The number of pyridine rings is 2. The van der Waals surface area contributed by atoms with Crippen molar-refractivity contribution in [1.29, 1.82) is 0 Å². The Balaban J connectivity index is 1.44. The molecule has 3 aromatic heterocycles. The van der Waals surface area contributed by atoms with Crippen LogP contribution in [0.2, 0.25) is 0 Å². The maximum absolute atomic E-state index is 14.3. The van der Waals surface area contributed by atoms with Crippen LogP contribution < -0.4 is 5.32 Å². The highest BCUT2D eigenvalue weighted by atomic mass is 19.4. The zero-order valence-electron chi connectivity index (χ0n) is 19.1. The Labute approximate surface area is 203 Å². The van der Waals surface area contributed by atoms with E-state index in [4.69, 9.17) is 4.98 Å². The van der Waals surface area contributed by atoms with Gasteiger partial charge in [0.05, 0.1) is 5.52 Å². The lowest BCUT2D eigenvalue weighted by atomic mass is 10.0. The Bertz CT molecular complexity index is 1460. The summed E-state index contributed by atoms with van der Waals surface area (Å²) in [7, 11) is 0. The second kappa shape index (κ2) is 8.44. The molecule has 1 aliphatic heterocycles. The van der Waals surface area contributed by atoms with E-state index >= 15 is 0 Å². The Morgan fingerprint density at radius 1 is 1.11 bits per heavy atom. The van der Waals surface area contributed by atoms with Crippen LogP contribution in [0, 0.1) is 0 Å². The molecule has 1 saturated carbocycles. The fourth-order valence-corrected chi connectivity index (χ4v) is 5.03. The van der Waals surface area contributed by atoms with E-state index in [2.05, 4.69) is 21.6 Å². The number of halogens is 3. The average Bonchev–Trinajstić information content (AvgIpc) is 3.39. The Morgan fingerprint density at radius 2 is 1.92 bits per heavy atom. The molecule has 2 unspecified atom stereocenters. The molecule has 186 valence electrons. The molecule has 2 aliphatic rings. The minimum atomic E-state index is -4.82. The van der Waals surface area contributed by atoms with Crippen LogP contribution in [0.15, 0.2) is 48.7 Å². The summed E-state index contributed by atoms with van der Waals surface area (Å²) in [5, 5.41) is 22.0. The number of rotatable bonds is 5. The van der Waals surface area contributed by atoms with Crippen molar-refractivity contribution >= 4 is 22.6 Å². The maximum atomic E-state index is 14.3. The van der Waals surface area contributed by atoms with Crippen LogP contribution in [0.4, 0.5) is 18.0 Å². The van der Waals surface area contributed by atoms with Crippen molar-refractivity contribution < 1.29 is 23.1 Å². The second-order valence-corrected chi connectivity index (χ2v) is 9.42. The number of carboxylic acid groups (broad SMARTS) is 1. The minimum Gasteiger partial charge on any atom is -0.465 e. The highest BCUT2D eigenvalue weighted by molar-refractivity contribution is 5.82. The van der Waals surface area contributed by atoms with Crippen LogP contribution >= 0.6 is 0 Å². The molecule has 0 bridgehead atoms. The SMILES string of the molecule is O=C(O)N(C1CCNC1)C(c1ccc2nnc(-c3ccc4ccc(C5CC5)cc4n3)n2c1)C(F)(F)F. The minimum absolute atomic E-state index is 0.170. The van der Waals surface area contributed by atoms with Gasteiger partial charge in [-0.05, 0) is 55.5 Å². The molecular formula is C25H23F3N6O2. The second-order valence-electron chi connectivity index (χ2n) is 9.42. The number of hydrogen-bond acceptors (Lipinski definition) is 5. The van der Waals surface area contributed by atoms with Crippen molar-refractivity contribution in [3.63, 3.8) is 0 Å². The van der Waals surface area contributed by atoms with Gasteiger partial charge in [-0.3, -0.25) is 9.30 Å². The normalized spacial score (nSPS) is 19.1. The molecule has 1 aromatic carbocycles. The lowest BCUT2D eigenvalue weighted by Crippen LogP contribution is -2.48. The standard InChI is InChI=1S/C25H23F3N6O2/c26-25(27,28)22(34(24(35)36)18-9-10-29-12-18)17-6-8-21-31-32-23(33(21)13-17)19-7-5-15-3-4-16(14-1-2-14)11-20(15)30-19/h3-8,11,13-14,18,22,29H,1-2,9-10,12H2,(H,35,36). The number of fused-ring (bicyclic) bond motifs is 2. The molecule has 11 heteroatoms. The monoisotopic (exact) mass is 496 g/mol. The number of amides is 1. The van der Waals surface area contributed by atoms with Crippen molar-refractivity contribution in [3.8, 4) is 11.5 Å². The zero-order valence-corrected chi connectivity index (χ0v) is 19.1. The van der Waals surface area contributed by atoms with Crippen LogP contribution in [0.25, 0.3) is 28.1 Å². The van der Waals surface area contributed by atoms with Crippen molar-refractivity contribution in [2.24, 2.45) is 0 Å². The molecule has 4 heterocycles. The summed E-state index contributed by atoms with van der Waals surface area (Å²) in [5.41, 5.74) is 2.61. The summed E-state index contributed by atoms with van der Waals surface area (Å²) in [6, 6.07) is 9.40. The van der Waals surface area contributed by atoms with Gasteiger partial charge in [0.2, 0.25) is 0 Å². The van der Waals surface area contributed by atoms with E-state index in [1.165, 1.54) is 28.3 Å². The predicted molar refractivity (Wildman–Crippen MR) is 126 cm³/mol. The van der Waals surface area contributed by atoms with E-state index in [1.807, 2.05) is 18.2 Å². The van der Waals surface area contributed by atoms with Gasteiger partial charge in [-0.25, -0.2) is 9.78 Å². The summed E-state index contributed by atoms with van der Waals surface area (Å²) < 4.78 is 44.4. The van der Waals surface area contributed by atoms with Gasteiger partial charge in [-0.15, -0.1) is 10.2 Å². The maximum Gasteiger partial charge on any atom is 0.413 e. The Morgan fingerprint density at radius 3 is 2.61 bits per heavy atom. The van der Waals surface area contributed by atoms with Crippen molar-refractivity contribution in [1.82, 2.24) is 29.8 Å².